The third kappa shape index (κ3) is 4.07. The molecule has 0 bridgehead atoms. The first kappa shape index (κ1) is 12.9. The second kappa shape index (κ2) is 6.35. The first-order chi connectivity index (χ1) is 6.10. The fourth-order valence-corrected chi connectivity index (χ4v) is 1.24. The van der Waals surface area contributed by atoms with Crippen LogP contribution >= 0.6 is 0 Å². The van der Waals surface area contributed by atoms with Gasteiger partial charge in [-0.15, -0.1) is 0 Å². The molecule has 0 fully saturated rings. The van der Waals surface area contributed by atoms with Gasteiger partial charge in [-0.1, -0.05) is 6.92 Å². The highest BCUT2D eigenvalue weighted by atomic mass is 16.5. The molecule has 0 aromatic heterocycles. The molecular weight excluding hydrogens is 168 g/mol. The summed E-state index contributed by atoms with van der Waals surface area (Å²) >= 11 is 0. The van der Waals surface area contributed by atoms with Crippen molar-refractivity contribution in [2.75, 3.05) is 20.8 Å². The van der Waals surface area contributed by atoms with E-state index in [1.807, 2.05) is 13.8 Å². The Balaban J connectivity index is 3.84. The molecular formula is C10H22O3. The molecule has 0 aromatic rings. The molecule has 2 atom stereocenters. The third-order valence-electron chi connectivity index (χ3n) is 2.70. The van der Waals surface area contributed by atoms with Crippen molar-refractivity contribution in [3.63, 3.8) is 0 Å². The summed E-state index contributed by atoms with van der Waals surface area (Å²) in [6.07, 6.45) is 2.01. The highest BCUT2D eigenvalue weighted by Gasteiger charge is 2.30. The Morgan fingerprint density at radius 1 is 1.38 bits per heavy atom. The Morgan fingerprint density at radius 2 is 2.00 bits per heavy atom. The summed E-state index contributed by atoms with van der Waals surface area (Å²) in [6, 6.07) is 0. The van der Waals surface area contributed by atoms with E-state index in [1.165, 1.54) is 0 Å². The van der Waals surface area contributed by atoms with Gasteiger partial charge in [-0.25, -0.2) is 0 Å². The molecule has 3 nitrogen and oxygen atoms in total. The Labute approximate surface area is 81.0 Å². The van der Waals surface area contributed by atoms with E-state index in [9.17, 15) is 5.11 Å². The summed E-state index contributed by atoms with van der Waals surface area (Å²) in [5.41, 5.74) is -0.409. The molecule has 0 rings (SSSR count). The van der Waals surface area contributed by atoms with Crippen LogP contribution < -0.4 is 0 Å². The number of aliphatic hydroxyl groups is 1. The van der Waals surface area contributed by atoms with Crippen molar-refractivity contribution in [2.24, 2.45) is 0 Å². The summed E-state index contributed by atoms with van der Waals surface area (Å²) in [4.78, 5) is 0. The van der Waals surface area contributed by atoms with Crippen LogP contribution in [0.5, 0.6) is 0 Å². The maximum absolute atomic E-state index is 9.81. The van der Waals surface area contributed by atoms with Crippen molar-refractivity contribution in [1.29, 1.82) is 0 Å². The Morgan fingerprint density at radius 3 is 2.38 bits per heavy atom. The van der Waals surface area contributed by atoms with E-state index in [4.69, 9.17) is 9.47 Å². The summed E-state index contributed by atoms with van der Waals surface area (Å²) < 4.78 is 10.2. The molecule has 3 heteroatoms. The van der Waals surface area contributed by atoms with Gasteiger partial charge in [0.25, 0.3) is 0 Å². The number of methoxy groups -OCH3 is 2. The molecule has 0 radical (unpaired) electrons. The van der Waals surface area contributed by atoms with Crippen molar-refractivity contribution in [1.82, 2.24) is 0 Å². The van der Waals surface area contributed by atoms with E-state index in [2.05, 4.69) is 0 Å². The van der Waals surface area contributed by atoms with Gasteiger partial charge in [0.2, 0.25) is 0 Å². The maximum atomic E-state index is 9.81. The Kier molecular flexibility index (Phi) is 6.29. The molecule has 0 heterocycles. The van der Waals surface area contributed by atoms with Gasteiger partial charge in [0.05, 0.1) is 11.7 Å². The van der Waals surface area contributed by atoms with Gasteiger partial charge in [0.15, 0.2) is 0 Å². The lowest BCUT2D eigenvalue weighted by Crippen LogP contribution is -2.40. The van der Waals surface area contributed by atoms with Gasteiger partial charge < -0.3 is 14.6 Å². The minimum atomic E-state index is -0.409. The fourth-order valence-electron chi connectivity index (χ4n) is 1.24. The SMILES string of the molecule is CCC(C)(OC)C(O)CCCOC. The van der Waals surface area contributed by atoms with E-state index >= 15 is 0 Å². The van der Waals surface area contributed by atoms with Gasteiger partial charge in [-0.05, 0) is 26.2 Å². The summed E-state index contributed by atoms with van der Waals surface area (Å²) in [5.74, 6) is 0. The first-order valence-electron chi connectivity index (χ1n) is 4.83. The number of ether oxygens (including phenoxy) is 2. The first-order valence-corrected chi connectivity index (χ1v) is 4.83. The lowest BCUT2D eigenvalue weighted by molar-refractivity contribution is -0.0963. The van der Waals surface area contributed by atoms with Crippen molar-refractivity contribution < 1.29 is 14.6 Å². The molecule has 0 aliphatic heterocycles. The zero-order valence-corrected chi connectivity index (χ0v) is 9.17. The molecule has 0 aromatic carbocycles. The normalized spacial score (nSPS) is 18.2. The van der Waals surface area contributed by atoms with Crippen molar-refractivity contribution in [3.05, 3.63) is 0 Å². The highest BCUT2D eigenvalue weighted by molar-refractivity contribution is 4.81. The number of hydrogen-bond acceptors (Lipinski definition) is 3. The van der Waals surface area contributed by atoms with Crippen LogP contribution in [0.15, 0.2) is 0 Å². The van der Waals surface area contributed by atoms with Gasteiger partial charge in [-0.2, -0.15) is 0 Å². The van der Waals surface area contributed by atoms with E-state index in [1.54, 1.807) is 14.2 Å². The number of hydrogen-bond donors (Lipinski definition) is 1. The third-order valence-corrected chi connectivity index (χ3v) is 2.70. The molecule has 2 unspecified atom stereocenters. The standard InChI is InChI=1S/C10H22O3/c1-5-10(2,13-4)9(11)7-6-8-12-3/h9,11H,5-8H2,1-4H3. The Hall–Kier alpha value is -0.120. The number of aliphatic hydroxyl groups excluding tert-OH is 1. The lowest BCUT2D eigenvalue weighted by Gasteiger charge is -2.32. The summed E-state index contributed by atoms with van der Waals surface area (Å²) in [5, 5.41) is 9.81. The molecule has 13 heavy (non-hydrogen) atoms. The largest absolute Gasteiger partial charge is 0.390 e. The minimum Gasteiger partial charge on any atom is -0.390 e. The average Bonchev–Trinajstić information content (AvgIpc) is 2.17. The maximum Gasteiger partial charge on any atom is 0.0905 e. The summed E-state index contributed by atoms with van der Waals surface area (Å²) in [7, 11) is 3.31. The Bertz CT molecular complexity index is 121. The van der Waals surface area contributed by atoms with E-state index in [-0.39, 0.29) is 0 Å². The van der Waals surface area contributed by atoms with Gasteiger partial charge in [0.1, 0.15) is 0 Å². The molecule has 0 aliphatic carbocycles. The van der Waals surface area contributed by atoms with Gasteiger partial charge in [-0.3, -0.25) is 0 Å². The zero-order chi connectivity index (χ0) is 10.3. The monoisotopic (exact) mass is 190 g/mol. The van der Waals surface area contributed by atoms with Crippen LogP contribution in [0, 0.1) is 0 Å². The number of rotatable bonds is 7. The predicted octanol–water partition coefficient (Wildman–Crippen LogP) is 1.59. The van der Waals surface area contributed by atoms with Crippen LogP contribution in [-0.2, 0) is 9.47 Å². The van der Waals surface area contributed by atoms with E-state index < -0.39 is 11.7 Å². The van der Waals surface area contributed by atoms with Crippen molar-refractivity contribution in [3.8, 4) is 0 Å². The molecule has 0 spiro atoms. The van der Waals surface area contributed by atoms with Crippen molar-refractivity contribution >= 4 is 0 Å². The van der Waals surface area contributed by atoms with Crippen LogP contribution in [0.4, 0.5) is 0 Å². The average molecular weight is 190 g/mol. The highest BCUT2D eigenvalue weighted by Crippen LogP contribution is 2.22. The fraction of sp³-hybridized carbons (Fsp3) is 1.00. The van der Waals surface area contributed by atoms with Crippen LogP contribution in [-0.4, -0.2) is 37.6 Å². The molecule has 80 valence electrons. The van der Waals surface area contributed by atoms with E-state index in [0.29, 0.717) is 6.61 Å². The van der Waals surface area contributed by atoms with Crippen LogP contribution in [0.3, 0.4) is 0 Å². The molecule has 0 saturated heterocycles. The molecule has 0 aliphatic rings. The zero-order valence-electron chi connectivity index (χ0n) is 9.17. The van der Waals surface area contributed by atoms with Crippen LogP contribution in [0.25, 0.3) is 0 Å². The van der Waals surface area contributed by atoms with E-state index in [0.717, 1.165) is 19.3 Å². The van der Waals surface area contributed by atoms with Gasteiger partial charge in [0, 0.05) is 20.8 Å². The molecule has 0 saturated carbocycles. The minimum absolute atomic E-state index is 0.405. The predicted molar refractivity (Wildman–Crippen MR) is 52.8 cm³/mol. The van der Waals surface area contributed by atoms with Crippen molar-refractivity contribution in [2.45, 2.75) is 44.8 Å². The molecule has 1 N–H and O–H groups in total. The summed E-state index contributed by atoms with van der Waals surface area (Å²) in [6.45, 7) is 4.65. The smallest absolute Gasteiger partial charge is 0.0905 e. The second-order valence-electron chi connectivity index (χ2n) is 3.52. The van der Waals surface area contributed by atoms with Crippen LogP contribution in [0.1, 0.15) is 33.1 Å². The lowest BCUT2D eigenvalue weighted by atomic mass is 9.92. The second-order valence-corrected chi connectivity index (χ2v) is 3.52. The van der Waals surface area contributed by atoms with Crippen LogP contribution in [0.2, 0.25) is 0 Å². The molecule has 0 amide bonds. The van der Waals surface area contributed by atoms with Gasteiger partial charge >= 0.3 is 0 Å². The quantitative estimate of drug-likeness (QED) is 0.620. The topological polar surface area (TPSA) is 38.7 Å².